The number of nitrogens with zero attached hydrogens (tertiary/aromatic N) is 1. The molecular formula is C13H15NO2S. The third kappa shape index (κ3) is 2.88. The average molecular weight is 249 g/mol. The summed E-state index contributed by atoms with van der Waals surface area (Å²) in [4.78, 5) is 24.6. The highest BCUT2D eigenvalue weighted by atomic mass is 32.2. The van der Waals surface area contributed by atoms with Crippen LogP contribution in [0.15, 0.2) is 29.2 Å². The summed E-state index contributed by atoms with van der Waals surface area (Å²) in [7, 11) is 0. The van der Waals surface area contributed by atoms with E-state index < -0.39 is 0 Å². The van der Waals surface area contributed by atoms with Crippen molar-refractivity contribution in [3.05, 3.63) is 29.8 Å². The zero-order valence-corrected chi connectivity index (χ0v) is 10.6. The van der Waals surface area contributed by atoms with Gasteiger partial charge >= 0.3 is 0 Å². The van der Waals surface area contributed by atoms with Crippen LogP contribution >= 0.6 is 11.9 Å². The Labute approximate surface area is 105 Å². The van der Waals surface area contributed by atoms with Crippen molar-refractivity contribution in [2.45, 2.75) is 37.5 Å². The molecule has 90 valence electrons. The quantitative estimate of drug-likeness (QED) is 0.597. The number of rotatable bonds is 2. The first-order valence-corrected chi connectivity index (χ1v) is 6.55. The third-order valence-electron chi connectivity index (χ3n) is 2.77. The molecule has 1 fully saturated rings. The van der Waals surface area contributed by atoms with Gasteiger partial charge in [-0.2, -0.15) is 0 Å². The lowest BCUT2D eigenvalue weighted by atomic mass is 10.2. The van der Waals surface area contributed by atoms with E-state index >= 15 is 0 Å². The molecular weight excluding hydrogens is 234 g/mol. The SMILES string of the molecule is Cc1ccccc1SN1C(=O)CCCCC1=O. The Kier molecular flexibility index (Phi) is 3.84. The smallest absolute Gasteiger partial charge is 0.239 e. The predicted octanol–water partition coefficient (Wildman–Crippen LogP) is 2.93. The van der Waals surface area contributed by atoms with E-state index in [-0.39, 0.29) is 11.8 Å². The maximum absolute atomic E-state index is 11.8. The lowest BCUT2D eigenvalue weighted by Gasteiger charge is -2.17. The second-order valence-corrected chi connectivity index (χ2v) is 5.13. The zero-order chi connectivity index (χ0) is 12.3. The fourth-order valence-corrected chi connectivity index (χ4v) is 2.69. The molecule has 2 amide bonds. The molecule has 1 saturated heterocycles. The van der Waals surface area contributed by atoms with Gasteiger partial charge in [-0.3, -0.25) is 9.59 Å². The largest absolute Gasteiger partial charge is 0.273 e. The second-order valence-electron chi connectivity index (χ2n) is 4.15. The highest BCUT2D eigenvalue weighted by molar-refractivity contribution is 7.98. The molecule has 1 aromatic rings. The topological polar surface area (TPSA) is 37.4 Å². The van der Waals surface area contributed by atoms with E-state index in [1.165, 1.54) is 16.3 Å². The van der Waals surface area contributed by atoms with E-state index in [2.05, 4.69) is 0 Å². The van der Waals surface area contributed by atoms with E-state index in [0.717, 1.165) is 23.3 Å². The van der Waals surface area contributed by atoms with E-state index in [0.29, 0.717) is 12.8 Å². The fourth-order valence-electron chi connectivity index (χ4n) is 1.75. The molecule has 0 bridgehead atoms. The summed E-state index contributed by atoms with van der Waals surface area (Å²) in [5, 5.41) is 0. The van der Waals surface area contributed by atoms with Crippen LogP contribution in [0.1, 0.15) is 31.2 Å². The summed E-state index contributed by atoms with van der Waals surface area (Å²) in [5.74, 6) is -0.137. The number of carbonyl (C=O) groups excluding carboxylic acids is 2. The van der Waals surface area contributed by atoms with Gasteiger partial charge in [0, 0.05) is 17.7 Å². The maximum Gasteiger partial charge on any atom is 0.239 e. The third-order valence-corrected chi connectivity index (χ3v) is 4.01. The maximum atomic E-state index is 11.8. The first-order chi connectivity index (χ1) is 8.18. The van der Waals surface area contributed by atoms with Gasteiger partial charge in [0.1, 0.15) is 0 Å². The molecule has 0 radical (unpaired) electrons. The number of carbonyl (C=O) groups is 2. The average Bonchev–Trinajstić information content (AvgIpc) is 2.47. The van der Waals surface area contributed by atoms with Crippen LogP contribution in [0.3, 0.4) is 0 Å². The second kappa shape index (κ2) is 5.36. The molecule has 0 N–H and O–H groups in total. The van der Waals surface area contributed by atoms with Gasteiger partial charge in [0.05, 0.1) is 0 Å². The Bertz CT molecular complexity index is 427. The van der Waals surface area contributed by atoms with Crippen molar-refractivity contribution in [2.24, 2.45) is 0 Å². The number of hydrogen-bond donors (Lipinski definition) is 0. The lowest BCUT2D eigenvalue weighted by Crippen LogP contribution is -2.28. The van der Waals surface area contributed by atoms with Crippen molar-refractivity contribution < 1.29 is 9.59 Å². The van der Waals surface area contributed by atoms with E-state index in [1.807, 2.05) is 31.2 Å². The monoisotopic (exact) mass is 249 g/mol. The summed E-state index contributed by atoms with van der Waals surface area (Å²) in [6.07, 6.45) is 2.58. The number of hydrogen-bond acceptors (Lipinski definition) is 3. The first-order valence-electron chi connectivity index (χ1n) is 5.78. The molecule has 4 heteroatoms. The van der Waals surface area contributed by atoms with Crippen LogP contribution in [0.2, 0.25) is 0 Å². The predicted molar refractivity (Wildman–Crippen MR) is 67.4 cm³/mol. The normalized spacial score (nSPS) is 17.1. The van der Waals surface area contributed by atoms with Crippen LogP contribution in [-0.2, 0) is 9.59 Å². The molecule has 0 saturated carbocycles. The molecule has 0 aromatic heterocycles. The van der Waals surface area contributed by atoms with Gasteiger partial charge < -0.3 is 0 Å². The van der Waals surface area contributed by atoms with E-state index in [1.54, 1.807) is 0 Å². The van der Waals surface area contributed by atoms with Gasteiger partial charge in [0.15, 0.2) is 0 Å². The minimum atomic E-state index is -0.0687. The molecule has 1 aliphatic heterocycles. The zero-order valence-electron chi connectivity index (χ0n) is 9.81. The number of amides is 2. The highest BCUT2D eigenvalue weighted by Gasteiger charge is 2.25. The molecule has 1 heterocycles. The van der Waals surface area contributed by atoms with Crippen molar-refractivity contribution in [2.75, 3.05) is 0 Å². The molecule has 3 nitrogen and oxygen atoms in total. The lowest BCUT2D eigenvalue weighted by molar-refractivity contribution is -0.136. The van der Waals surface area contributed by atoms with Gasteiger partial charge in [-0.15, -0.1) is 0 Å². The van der Waals surface area contributed by atoms with Crippen LogP contribution < -0.4 is 0 Å². The van der Waals surface area contributed by atoms with Crippen molar-refractivity contribution in [3.63, 3.8) is 0 Å². The van der Waals surface area contributed by atoms with Crippen LogP contribution in [0.4, 0.5) is 0 Å². The Morgan fingerprint density at radius 3 is 2.24 bits per heavy atom. The molecule has 0 spiro atoms. The molecule has 2 rings (SSSR count). The number of imide groups is 1. The number of benzene rings is 1. The minimum absolute atomic E-state index is 0.0687. The van der Waals surface area contributed by atoms with Crippen LogP contribution in [-0.4, -0.2) is 16.1 Å². The first kappa shape index (κ1) is 12.2. The highest BCUT2D eigenvalue weighted by Crippen LogP contribution is 2.29. The standard InChI is InChI=1S/C13H15NO2S/c1-10-6-2-3-7-11(10)17-14-12(15)8-4-5-9-13(14)16/h2-3,6-7H,4-5,8-9H2,1H3. The van der Waals surface area contributed by atoms with Gasteiger partial charge in [-0.05, 0) is 43.3 Å². The number of aryl methyl sites for hydroxylation is 1. The van der Waals surface area contributed by atoms with Crippen LogP contribution in [0.5, 0.6) is 0 Å². The molecule has 0 atom stereocenters. The van der Waals surface area contributed by atoms with E-state index in [9.17, 15) is 9.59 Å². The Morgan fingerprint density at radius 2 is 1.65 bits per heavy atom. The molecule has 1 aromatic carbocycles. The fraction of sp³-hybridized carbons (Fsp3) is 0.385. The van der Waals surface area contributed by atoms with Crippen molar-refractivity contribution in [1.82, 2.24) is 4.31 Å². The van der Waals surface area contributed by atoms with Crippen molar-refractivity contribution in [3.8, 4) is 0 Å². The molecule has 1 aliphatic rings. The Balaban J connectivity index is 2.18. The molecule has 17 heavy (non-hydrogen) atoms. The summed E-state index contributed by atoms with van der Waals surface area (Å²) < 4.78 is 1.33. The Hall–Kier alpha value is -1.29. The van der Waals surface area contributed by atoms with Gasteiger partial charge in [-0.25, -0.2) is 4.31 Å². The van der Waals surface area contributed by atoms with Gasteiger partial charge in [0.2, 0.25) is 11.8 Å². The minimum Gasteiger partial charge on any atom is -0.273 e. The summed E-state index contributed by atoms with van der Waals surface area (Å²) in [6.45, 7) is 1.98. The van der Waals surface area contributed by atoms with Crippen LogP contribution in [0, 0.1) is 6.92 Å². The molecule has 0 unspecified atom stereocenters. The summed E-state index contributed by atoms with van der Waals surface area (Å²) in [5.41, 5.74) is 1.09. The summed E-state index contributed by atoms with van der Waals surface area (Å²) >= 11 is 1.25. The summed E-state index contributed by atoms with van der Waals surface area (Å²) in [6, 6.07) is 7.79. The van der Waals surface area contributed by atoms with Crippen LogP contribution in [0.25, 0.3) is 0 Å². The van der Waals surface area contributed by atoms with Gasteiger partial charge in [-0.1, -0.05) is 18.2 Å². The van der Waals surface area contributed by atoms with Gasteiger partial charge in [0.25, 0.3) is 0 Å². The van der Waals surface area contributed by atoms with Crippen molar-refractivity contribution in [1.29, 1.82) is 0 Å². The van der Waals surface area contributed by atoms with E-state index in [4.69, 9.17) is 0 Å². The van der Waals surface area contributed by atoms with Crippen molar-refractivity contribution >= 4 is 23.8 Å². The Morgan fingerprint density at radius 1 is 1.06 bits per heavy atom. The molecule has 0 aliphatic carbocycles.